The van der Waals surface area contributed by atoms with Crippen molar-refractivity contribution in [2.45, 2.75) is 84.5 Å². The Labute approximate surface area is 142 Å². The smallest absolute Gasteiger partial charge is 0.222 e. The summed E-state index contributed by atoms with van der Waals surface area (Å²) in [7, 11) is 0. The zero-order chi connectivity index (χ0) is 17.3. The fourth-order valence-electron chi connectivity index (χ4n) is 2.58. The van der Waals surface area contributed by atoms with Crippen LogP contribution in [0.25, 0.3) is 0 Å². The molecule has 0 spiro atoms. The van der Waals surface area contributed by atoms with Crippen LogP contribution in [-0.4, -0.2) is 25.0 Å². The van der Waals surface area contributed by atoms with Crippen LogP contribution in [0.15, 0.2) is 0 Å². The minimum Gasteiger partial charge on any atom is -0.370 e. The Balaban J connectivity index is 3.36. The molecule has 0 aromatic rings. The highest BCUT2D eigenvalue weighted by molar-refractivity contribution is 5.78. The van der Waals surface area contributed by atoms with Crippen LogP contribution >= 0.6 is 0 Å². The molecule has 0 rings (SSSR count). The van der Waals surface area contributed by atoms with E-state index in [4.69, 9.17) is 11.1 Å². The number of nitrogens with two attached hydrogens (primary N) is 1. The molecule has 1 atom stereocenters. The van der Waals surface area contributed by atoms with Gasteiger partial charge in [0.1, 0.15) is 0 Å². The third-order valence-electron chi connectivity index (χ3n) is 4.16. The molecule has 136 valence electrons. The Morgan fingerprint density at radius 3 is 2.00 bits per heavy atom. The minimum absolute atomic E-state index is 0.00697. The van der Waals surface area contributed by atoms with Crippen LogP contribution < -0.4 is 16.4 Å². The third-order valence-corrected chi connectivity index (χ3v) is 4.16. The predicted molar refractivity (Wildman–Crippen MR) is 98.6 cm³/mol. The minimum atomic E-state index is -0.00697. The van der Waals surface area contributed by atoms with Crippen molar-refractivity contribution in [2.24, 2.45) is 11.7 Å². The SMILES string of the molecule is CCCCCCCCCCCNC(=O)C(C)CCCNC(=N)N. The fraction of sp³-hybridized carbons (Fsp3) is 0.889. The molecule has 0 heterocycles. The van der Waals surface area contributed by atoms with Crippen molar-refractivity contribution < 1.29 is 4.79 Å². The van der Waals surface area contributed by atoms with Gasteiger partial charge in [0.15, 0.2) is 5.96 Å². The first-order valence-electron chi connectivity index (χ1n) is 9.43. The summed E-state index contributed by atoms with van der Waals surface area (Å²) in [6.07, 6.45) is 13.4. The van der Waals surface area contributed by atoms with Gasteiger partial charge >= 0.3 is 0 Å². The number of hydrogen-bond donors (Lipinski definition) is 4. The van der Waals surface area contributed by atoms with E-state index in [2.05, 4.69) is 17.6 Å². The lowest BCUT2D eigenvalue weighted by Crippen LogP contribution is -2.33. The fourth-order valence-corrected chi connectivity index (χ4v) is 2.58. The maximum Gasteiger partial charge on any atom is 0.222 e. The molecular weight excluding hydrogens is 288 g/mol. The molecule has 5 N–H and O–H groups in total. The number of guanidine groups is 1. The van der Waals surface area contributed by atoms with Crippen LogP contribution in [0, 0.1) is 11.3 Å². The van der Waals surface area contributed by atoms with Crippen molar-refractivity contribution >= 4 is 11.9 Å². The van der Waals surface area contributed by atoms with Gasteiger partial charge in [-0.05, 0) is 19.3 Å². The molecule has 0 saturated heterocycles. The first-order valence-corrected chi connectivity index (χ1v) is 9.43. The Morgan fingerprint density at radius 2 is 1.43 bits per heavy atom. The van der Waals surface area contributed by atoms with Gasteiger partial charge in [0, 0.05) is 19.0 Å². The molecule has 5 nitrogen and oxygen atoms in total. The molecule has 0 aliphatic rings. The average molecular weight is 327 g/mol. The topological polar surface area (TPSA) is 91.0 Å². The Kier molecular flexibility index (Phi) is 14.8. The highest BCUT2D eigenvalue weighted by Gasteiger charge is 2.11. The van der Waals surface area contributed by atoms with E-state index in [1.807, 2.05) is 6.92 Å². The van der Waals surface area contributed by atoms with Crippen molar-refractivity contribution in [3.63, 3.8) is 0 Å². The summed E-state index contributed by atoms with van der Waals surface area (Å²) in [4.78, 5) is 11.9. The summed E-state index contributed by atoms with van der Waals surface area (Å²) in [5.74, 6) is 0.169. The molecule has 1 amide bonds. The summed E-state index contributed by atoms with van der Waals surface area (Å²) in [5, 5.41) is 12.8. The molecular formula is C18H38N4O. The second-order valence-corrected chi connectivity index (χ2v) is 6.50. The van der Waals surface area contributed by atoms with E-state index in [-0.39, 0.29) is 17.8 Å². The average Bonchev–Trinajstić information content (AvgIpc) is 2.52. The van der Waals surface area contributed by atoms with E-state index >= 15 is 0 Å². The lowest BCUT2D eigenvalue weighted by atomic mass is 10.0. The van der Waals surface area contributed by atoms with Crippen molar-refractivity contribution in [1.29, 1.82) is 5.41 Å². The predicted octanol–water partition coefficient (Wildman–Crippen LogP) is 3.53. The van der Waals surface area contributed by atoms with E-state index in [1.54, 1.807) is 0 Å². The van der Waals surface area contributed by atoms with Gasteiger partial charge in [0.2, 0.25) is 5.91 Å². The first kappa shape index (κ1) is 21.7. The monoisotopic (exact) mass is 326 g/mol. The lowest BCUT2D eigenvalue weighted by Gasteiger charge is -2.12. The molecule has 0 bridgehead atoms. The van der Waals surface area contributed by atoms with Crippen molar-refractivity contribution in [2.75, 3.05) is 13.1 Å². The van der Waals surface area contributed by atoms with Gasteiger partial charge in [-0.25, -0.2) is 0 Å². The zero-order valence-electron chi connectivity index (χ0n) is 15.3. The van der Waals surface area contributed by atoms with Crippen LogP contribution in [0.1, 0.15) is 84.5 Å². The summed E-state index contributed by atoms with van der Waals surface area (Å²) < 4.78 is 0. The highest BCUT2D eigenvalue weighted by atomic mass is 16.1. The lowest BCUT2D eigenvalue weighted by molar-refractivity contribution is -0.124. The molecule has 0 aliphatic heterocycles. The number of amides is 1. The molecule has 0 fully saturated rings. The largest absolute Gasteiger partial charge is 0.370 e. The molecule has 0 aromatic carbocycles. The molecule has 0 aromatic heterocycles. The second kappa shape index (κ2) is 15.6. The second-order valence-electron chi connectivity index (χ2n) is 6.50. The normalized spacial score (nSPS) is 11.9. The Hall–Kier alpha value is -1.26. The van der Waals surface area contributed by atoms with Crippen LogP contribution in [-0.2, 0) is 4.79 Å². The van der Waals surface area contributed by atoms with E-state index in [0.717, 1.165) is 25.8 Å². The van der Waals surface area contributed by atoms with E-state index in [0.29, 0.717) is 6.54 Å². The number of nitrogens with one attached hydrogen (secondary N) is 3. The molecule has 23 heavy (non-hydrogen) atoms. The van der Waals surface area contributed by atoms with Crippen molar-refractivity contribution in [1.82, 2.24) is 10.6 Å². The number of carbonyl (C=O) groups is 1. The third kappa shape index (κ3) is 15.4. The summed E-state index contributed by atoms with van der Waals surface area (Å²) in [6, 6.07) is 0. The van der Waals surface area contributed by atoms with E-state index in [1.165, 1.54) is 51.4 Å². The van der Waals surface area contributed by atoms with Gasteiger partial charge in [0.25, 0.3) is 0 Å². The van der Waals surface area contributed by atoms with Gasteiger partial charge < -0.3 is 16.4 Å². The maximum atomic E-state index is 11.9. The number of carbonyl (C=O) groups excluding carboxylic acids is 1. The van der Waals surface area contributed by atoms with Crippen molar-refractivity contribution in [3.8, 4) is 0 Å². The number of rotatable bonds is 15. The van der Waals surface area contributed by atoms with Gasteiger partial charge in [-0.2, -0.15) is 0 Å². The van der Waals surface area contributed by atoms with Gasteiger partial charge in [-0.3, -0.25) is 10.2 Å². The summed E-state index contributed by atoms with van der Waals surface area (Å²) in [5.41, 5.74) is 5.21. The quantitative estimate of drug-likeness (QED) is 0.211. The standard InChI is InChI=1S/C18H38N4O/c1-3-4-5-6-7-8-9-10-11-14-21-17(23)16(2)13-12-15-22-18(19)20/h16H,3-15H2,1-2H3,(H,21,23)(H4,19,20,22). The molecule has 0 radical (unpaired) electrons. The zero-order valence-corrected chi connectivity index (χ0v) is 15.3. The van der Waals surface area contributed by atoms with E-state index < -0.39 is 0 Å². The maximum absolute atomic E-state index is 11.9. The molecule has 1 unspecified atom stereocenters. The summed E-state index contributed by atoms with van der Waals surface area (Å²) in [6.45, 7) is 5.66. The summed E-state index contributed by atoms with van der Waals surface area (Å²) >= 11 is 0. The van der Waals surface area contributed by atoms with Gasteiger partial charge in [-0.1, -0.05) is 65.2 Å². The van der Waals surface area contributed by atoms with Crippen LogP contribution in [0.5, 0.6) is 0 Å². The van der Waals surface area contributed by atoms with Gasteiger partial charge in [-0.15, -0.1) is 0 Å². The number of hydrogen-bond acceptors (Lipinski definition) is 2. The first-order chi connectivity index (χ1) is 11.1. The van der Waals surface area contributed by atoms with Gasteiger partial charge in [0.05, 0.1) is 0 Å². The molecule has 0 aliphatic carbocycles. The van der Waals surface area contributed by atoms with Crippen molar-refractivity contribution in [3.05, 3.63) is 0 Å². The molecule has 0 saturated carbocycles. The van der Waals surface area contributed by atoms with E-state index in [9.17, 15) is 4.79 Å². The van der Waals surface area contributed by atoms with Crippen LogP contribution in [0.2, 0.25) is 0 Å². The van der Waals surface area contributed by atoms with Crippen LogP contribution in [0.4, 0.5) is 0 Å². The Morgan fingerprint density at radius 1 is 0.913 bits per heavy atom. The highest BCUT2D eigenvalue weighted by Crippen LogP contribution is 2.09. The van der Waals surface area contributed by atoms with Crippen LogP contribution in [0.3, 0.4) is 0 Å². The molecule has 5 heteroatoms. The number of unbranched alkanes of at least 4 members (excludes halogenated alkanes) is 8. The Bertz CT molecular complexity index is 307.